The molecule has 0 aromatic heterocycles. The number of nitrogens with two attached hydrogens (primary N) is 1. The molecule has 1 amide bonds. The molecule has 0 saturated carbocycles. The summed E-state index contributed by atoms with van der Waals surface area (Å²) < 4.78 is 10.4. The predicted octanol–water partition coefficient (Wildman–Crippen LogP) is 0.214. The first-order valence-corrected chi connectivity index (χ1v) is 5.78. The molecule has 0 aromatic carbocycles. The summed E-state index contributed by atoms with van der Waals surface area (Å²) in [6.07, 6.45) is 4.57. The van der Waals surface area contributed by atoms with Crippen LogP contribution in [0, 0.1) is 0 Å². The van der Waals surface area contributed by atoms with Gasteiger partial charge in [0.2, 0.25) is 5.76 Å². The highest BCUT2D eigenvalue weighted by molar-refractivity contribution is 5.91. The highest BCUT2D eigenvalue weighted by Gasteiger charge is 2.29. The molecule has 5 heteroatoms. The van der Waals surface area contributed by atoms with Crippen LogP contribution in [0.4, 0.5) is 0 Å². The molecule has 1 saturated heterocycles. The first-order chi connectivity index (χ1) is 7.83. The van der Waals surface area contributed by atoms with Crippen molar-refractivity contribution in [3.8, 4) is 0 Å². The lowest BCUT2D eigenvalue weighted by Gasteiger charge is -2.35. The van der Waals surface area contributed by atoms with E-state index < -0.39 is 0 Å². The fourth-order valence-corrected chi connectivity index (χ4v) is 2.14. The van der Waals surface area contributed by atoms with Gasteiger partial charge in [-0.2, -0.15) is 0 Å². The van der Waals surface area contributed by atoms with E-state index in [1.165, 1.54) is 6.26 Å². The van der Waals surface area contributed by atoms with Gasteiger partial charge in [-0.1, -0.05) is 0 Å². The van der Waals surface area contributed by atoms with Gasteiger partial charge in [0.1, 0.15) is 19.5 Å². The zero-order chi connectivity index (χ0) is 11.4. The van der Waals surface area contributed by atoms with Crippen molar-refractivity contribution in [3.05, 3.63) is 12.0 Å². The molecular weight excluding hydrogens is 208 g/mol. The summed E-state index contributed by atoms with van der Waals surface area (Å²) in [7, 11) is 0. The number of piperidine rings is 1. The van der Waals surface area contributed by atoms with Crippen LogP contribution in [0.1, 0.15) is 19.3 Å². The summed E-state index contributed by atoms with van der Waals surface area (Å²) in [5.74, 6) is 0.224. The van der Waals surface area contributed by atoms with Crippen molar-refractivity contribution in [2.45, 2.75) is 25.3 Å². The number of hydrogen-bond acceptors (Lipinski definition) is 4. The fraction of sp³-hybridized carbons (Fsp3) is 0.727. The largest absolute Gasteiger partial charge is 0.494 e. The molecule has 1 atom stereocenters. The molecule has 1 unspecified atom stereocenters. The van der Waals surface area contributed by atoms with Crippen molar-refractivity contribution < 1.29 is 14.3 Å². The van der Waals surface area contributed by atoms with Gasteiger partial charge in [0.15, 0.2) is 0 Å². The molecule has 2 aliphatic heterocycles. The second kappa shape index (κ2) is 5.21. The summed E-state index contributed by atoms with van der Waals surface area (Å²) in [6, 6.07) is 0.146. The minimum atomic E-state index is -0.0881. The van der Waals surface area contributed by atoms with Gasteiger partial charge in [-0.15, -0.1) is 0 Å². The SMILES string of the molecule is NCC1CCCCN1C(=O)C1=COCCO1. The Balaban J connectivity index is 2.04. The van der Waals surface area contributed by atoms with Crippen LogP contribution >= 0.6 is 0 Å². The van der Waals surface area contributed by atoms with Crippen molar-refractivity contribution in [1.82, 2.24) is 4.90 Å². The lowest BCUT2D eigenvalue weighted by atomic mass is 10.0. The first-order valence-electron chi connectivity index (χ1n) is 5.78. The van der Waals surface area contributed by atoms with E-state index in [9.17, 15) is 4.79 Å². The molecule has 16 heavy (non-hydrogen) atoms. The number of carbonyl (C=O) groups excluding carboxylic acids is 1. The molecule has 2 N–H and O–H groups in total. The average Bonchev–Trinajstić information content (AvgIpc) is 2.39. The molecule has 2 rings (SSSR count). The van der Waals surface area contributed by atoms with E-state index in [0.29, 0.717) is 25.5 Å². The monoisotopic (exact) mass is 226 g/mol. The van der Waals surface area contributed by atoms with Crippen molar-refractivity contribution in [2.75, 3.05) is 26.3 Å². The molecule has 0 aliphatic carbocycles. The van der Waals surface area contributed by atoms with Gasteiger partial charge in [0, 0.05) is 19.1 Å². The number of ether oxygens (including phenoxy) is 2. The molecule has 0 spiro atoms. The summed E-state index contributed by atoms with van der Waals surface area (Å²) in [6.45, 7) is 2.23. The zero-order valence-electron chi connectivity index (χ0n) is 9.35. The first kappa shape index (κ1) is 11.3. The minimum absolute atomic E-state index is 0.0881. The predicted molar refractivity (Wildman–Crippen MR) is 58.4 cm³/mol. The Morgan fingerprint density at radius 1 is 1.50 bits per heavy atom. The van der Waals surface area contributed by atoms with Crippen molar-refractivity contribution in [1.29, 1.82) is 0 Å². The van der Waals surface area contributed by atoms with Gasteiger partial charge in [0.25, 0.3) is 5.91 Å². The van der Waals surface area contributed by atoms with E-state index in [1.54, 1.807) is 0 Å². The molecular formula is C11H18N2O3. The Hall–Kier alpha value is -1.23. The van der Waals surface area contributed by atoms with Gasteiger partial charge in [0.05, 0.1) is 0 Å². The molecule has 1 fully saturated rings. The normalized spacial score (nSPS) is 25.4. The molecule has 5 nitrogen and oxygen atoms in total. The highest BCUT2D eigenvalue weighted by atomic mass is 16.6. The highest BCUT2D eigenvalue weighted by Crippen LogP contribution is 2.19. The van der Waals surface area contributed by atoms with Crippen LogP contribution in [0.5, 0.6) is 0 Å². The number of likely N-dealkylation sites (tertiary alicyclic amines) is 1. The van der Waals surface area contributed by atoms with E-state index >= 15 is 0 Å². The van der Waals surface area contributed by atoms with Gasteiger partial charge < -0.3 is 20.1 Å². The second-order valence-electron chi connectivity index (χ2n) is 4.09. The Kier molecular flexibility index (Phi) is 3.66. The lowest BCUT2D eigenvalue weighted by Crippen LogP contribution is -2.48. The molecule has 0 aromatic rings. The van der Waals surface area contributed by atoms with Crippen LogP contribution in [0.15, 0.2) is 12.0 Å². The number of rotatable bonds is 2. The summed E-state index contributed by atoms with van der Waals surface area (Å²) in [5.41, 5.74) is 5.68. The van der Waals surface area contributed by atoms with Gasteiger partial charge in [-0.25, -0.2) is 0 Å². The van der Waals surface area contributed by atoms with Crippen molar-refractivity contribution in [3.63, 3.8) is 0 Å². The maximum absolute atomic E-state index is 12.1. The van der Waals surface area contributed by atoms with Gasteiger partial charge in [-0.3, -0.25) is 4.79 Å². The molecule has 2 heterocycles. The molecule has 90 valence electrons. The lowest BCUT2D eigenvalue weighted by molar-refractivity contribution is -0.135. The number of amides is 1. The fourth-order valence-electron chi connectivity index (χ4n) is 2.14. The third-order valence-corrected chi connectivity index (χ3v) is 3.02. The second-order valence-corrected chi connectivity index (χ2v) is 4.09. The minimum Gasteiger partial charge on any atom is -0.494 e. The molecule has 0 bridgehead atoms. The van der Waals surface area contributed by atoms with Crippen LogP contribution in [0.25, 0.3) is 0 Å². The van der Waals surface area contributed by atoms with Crippen LogP contribution < -0.4 is 5.73 Å². The van der Waals surface area contributed by atoms with E-state index in [4.69, 9.17) is 15.2 Å². The Morgan fingerprint density at radius 2 is 2.38 bits per heavy atom. The van der Waals surface area contributed by atoms with Crippen molar-refractivity contribution in [2.24, 2.45) is 5.73 Å². The van der Waals surface area contributed by atoms with E-state index in [0.717, 1.165) is 25.8 Å². The summed E-state index contributed by atoms with van der Waals surface area (Å²) in [4.78, 5) is 13.9. The standard InChI is InChI=1S/C11H18N2O3/c12-7-9-3-1-2-4-13(9)11(14)10-8-15-5-6-16-10/h8-9H,1-7,12H2. The van der Waals surface area contributed by atoms with Gasteiger partial charge in [-0.05, 0) is 19.3 Å². The van der Waals surface area contributed by atoms with Crippen LogP contribution in [-0.2, 0) is 14.3 Å². The maximum atomic E-state index is 12.1. The Labute approximate surface area is 95.2 Å². The van der Waals surface area contributed by atoms with Crippen LogP contribution in [0.2, 0.25) is 0 Å². The van der Waals surface area contributed by atoms with E-state index in [2.05, 4.69) is 0 Å². The molecule has 0 radical (unpaired) electrons. The Morgan fingerprint density at radius 3 is 3.06 bits per heavy atom. The van der Waals surface area contributed by atoms with Crippen LogP contribution in [-0.4, -0.2) is 43.2 Å². The maximum Gasteiger partial charge on any atom is 0.292 e. The summed E-state index contributed by atoms with van der Waals surface area (Å²) >= 11 is 0. The molecule has 2 aliphatic rings. The number of hydrogen-bond donors (Lipinski definition) is 1. The van der Waals surface area contributed by atoms with E-state index in [-0.39, 0.29) is 11.9 Å². The third-order valence-electron chi connectivity index (χ3n) is 3.02. The topological polar surface area (TPSA) is 64.8 Å². The smallest absolute Gasteiger partial charge is 0.292 e. The number of nitrogens with zero attached hydrogens (tertiary/aromatic N) is 1. The van der Waals surface area contributed by atoms with Gasteiger partial charge >= 0.3 is 0 Å². The number of carbonyl (C=O) groups is 1. The van der Waals surface area contributed by atoms with Crippen LogP contribution in [0.3, 0.4) is 0 Å². The average molecular weight is 226 g/mol. The third kappa shape index (κ3) is 2.29. The summed E-state index contributed by atoms with van der Waals surface area (Å²) in [5, 5.41) is 0. The quantitative estimate of drug-likeness (QED) is 0.731. The van der Waals surface area contributed by atoms with Crippen molar-refractivity contribution >= 4 is 5.91 Å². The zero-order valence-corrected chi connectivity index (χ0v) is 9.35. The Bertz CT molecular complexity index is 291. The van der Waals surface area contributed by atoms with E-state index in [1.807, 2.05) is 4.90 Å².